The molecule has 0 aliphatic heterocycles. The molecule has 1 aliphatic rings. The average Bonchev–Trinajstić information content (AvgIpc) is 3.00. The minimum absolute atomic E-state index is 0.0348. The van der Waals surface area contributed by atoms with Crippen LogP contribution < -0.4 is 11.1 Å². The Morgan fingerprint density at radius 2 is 1.89 bits per heavy atom. The molecule has 0 amide bonds. The van der Waals surface area contributed by atoms with Crippen molar-refractivity contribution in [3.05, 3.63) is 76.2 Å². The maximum absolute atomic E-state index is 14.3. The van der Waals surface area contributed by atoms with Crippen molar-refractivity contribution >= 4 is 11.5 Å². The highest BCUT2D eigenvalue weighted by molar-refractivity contribution is 6.00. The van der Waals surface area contributed by atoms with Crippen LogP contribution in [0.3, 0.4) is 0 Å². The number of allylic oxidation sites excluding steroid dienone is 1. The largest absolute Gasteiger partial charge is 0.416 e. The Kier molecular flexibility index (Phi) is 5.21. The lowest BCUT2D eigenvalue weighted by molar-refractivity contribution is -0.137. The molecule has 0 aromatic heterocycles. The zero-order valence-electron chi connectivity index (χ0n) is 14.5. The van der Waals surface area contributed by atoms with E-state index in [9.17, 15) is 22.4 Å². The molecule has 28 heavy (non-hydrogen) atoms. The van der Waals surface area contributed by atoms with Crippen LogP contribution in [0.2, 0.25) is 0 Å². The summed E-state index contributed by atoms with van der Waals surface area (Å²) in [5, 5.41) is 11.7. The highest BCUT2D eigenvalue weighted by Gasteiger charge is 2.32. The van der Waals surface area contributed by atoms with Gasteiger partial charge >= 0.3 is 6.18 Å². The van der Waals surface area contributed by atoms with Gasteiger partial charge in [-0.3, -0.25) is 4.79 Å². The Labute approximate surface area is 158 Å². The Balaban J connectivity index is 1.96. The van der Waals surface area contributed by atoms with Crippen LogP contribution in [0.15, 0.2) is 53.7 Å². The van der Waals surface area contributed by atoms with E-state index in [1.807, 2.05) is 6.07 Å². The fourth-order valence-electron chi connectivity index (χ4n) is 3.12. The molecule has 1 unspecified atom stereocenters. The highest BCUT2D eigenvalue weighted by atomic mass is 19.4. The number of ketones is 1. The summed E-state index contributed by atoms with van der Waals surface area (Å²) >= 11 is 0. The molecule has 2 aromatic carbocycles. The minimum atomic E-state index is -4.50. The number of nitrogens with two attached hydrogens (primary N) is 1. The van der Waals surface area contributed by atoms with Crippen molar-refractivity contribution in [2.45, 2.75) is 25.1 Å². The predicted octanol–water partition coefficient (Wildman–Crippen LogP) is 4.45. The van der Waals surface area contributed by atoms with Crippen molar-refractivity contribution in [1.82, 2.24) is 0 Å². The van der Waals surface area contributed by atoms with Gasteiger partial charge in [0.25, 0.3) is 0 Å². The first-order chi connectivity index (χ1) is 13.2. The van der Waals surface area contributed by atoms with Crippen molar-refractivity contribution in [3.8, 4) is 6.07 Å². The Hall–Kier alpha value is -3.18. The van der Waals surface area contributed by atoms with E-state index < -0.39 is 23.6 Å². The van der Waals surface area contributed by atoms with Crippen LogP contribution in [0.4, 0.5) is 23.2 Å². The lowest BCUT2D eigenvalue weighted by Gasteiger charge is -2.17. The number of Topliss-reactive ketones (excluding diaryl/α,β-unsaturated/α-hetero) is 1. The fourth-order valence-corrected chi connectivity index (χ4v) is 3.12. The number of benzene rings is 2. The van der Waals surface area contributed by atoms with E-state index in [4.69, 9.17) is 11.0 Å². The number of halogens is 4. The number of rotatable bonds is 4. The number of hydrogen-bond acceptors (Lipinski definition) is 4. The molecule has 0 radical (unpaired) electrons. The molecule has 2 aromatic rings. The van der Waals surface area contributed by atoms with Crippen molar-refractivity contribution in [2.75, 3.05) is 5.32 Å². The third kappa shape index (κ3) is 3.89. The molecular formula is C20H15F4N3O. The summed E-state index contributed by atoms with van der Waals surface area (Å²) in [7, 11) is 0. The molecule has 4 nitrogen and oxygen atoms in total. The van der Waals surface area contributed by atoms with E-state index in [2.05, 4.69) is 5.32 Å². The smallest absolute Gasteiger partial charge is 0.358 e. The van der Waals surface area contributed by atoms with Gasteiger partial charge in [-0.1, -0.05) is 12.1 Å². The van der Waals surface area contributed by atoms with Gasteiger partial charge in [-0.15, -0.1) is 0 Å². The second kappa shape index (κ2) is 7.44. The number of anilines is 1. The van der Waals surface area contributed by atoms with E-state index >= 15 is 0 Å². The molecule has 0 heterocycles. The van der Waals surface area contributed by atoms with Gasteiger partial charge in [0, 0.05) is 28.9 Å². The summed E-state index contributed by atoms with van der Waals surface area (Å²) in [6, 6.07) is 9.02. The Morgan fingerprint density at radius 3 is 2.54 bits per heavy atom. The molecule has 0 bridgehead atoms. The number of nitriles is 1. The Bertz CT molecular complexity index is 1010. The zero-order valence-corrected chi connectivity index (χ0v) is 14.5. The van der Waals surface area contributed by atoms with E-state index in [1.165, 1.54) is 24.3 Å². The molecule has 1 atom stereocenters. The van der Waals surface area contributed by atoms with Crippen molar-refractivity contribution in [1.29, 1.82) is 5.26 Å². The summed E-state index contributed by atoms with van der Waals surface area (Å²) in [6.45, 7) is 0. The summed E-state index contributed by atoms with van der Waals surface area (Å²) in [4.78, 5) is 12.3. The van der Waals surface area contributed by atoms with Gasteiger partial charge in [0.15, 0.2) is 5.78 Å². The van der Waals surface area contributed by atoms with Crippen LogP contribution in [0, 0.1) is 17.1 Å². The third-order valence-electron chi connectivity index (χ3n) is 4.49. The summed E-state index contributed by atoms with van der Waals surface area (Å²) < 4.78 is 53.0. The fraction of sp³-hybridized carbons (Fsp3) is 0.200. The van der Waals surface area contributed by atoms with Crippen molar-refractivity contribution in [3.63, 3.8) is 0 Å². The van der Waals surface area contributed by atoms with Gasteiger partial charge in [-0.05, 0) is 36.8 Å². The lowest BCUT2D eigenvalue weighted by atomic mass is 9.96. The number of carbonyl (C=O) groups excluding carboxylic acids is 1. The van der Waals surface area contributed by atoms with Gasteiger partial charge in [0.05, 0.1) is 23.2 Å². The summed E-state index contributed by atoms with van der Waals surface area (Å²) in [5.41, 5.74) is 6.07. The van der Waals surface area contributed by atoms with Crippen LogP contribution in [0.1, 0.15) is 35.6 Å². The van der Waals surface area contributed by atoms with Crippen LogP contribution >= 0.6 is 0 Å². The van der Waals surface area contributed by atoms with Gasteiger partial charge in [-0.25, -0.2) is 4.39 Å². The highest BCUT2D eigenvalue weighted by Crippen LogP contribution is 2.35. The lowest BCUT2D eigenvalue weighted by Crippen LogP contribution is -2.20. The third-order valence-corrected chi connectivity index (χ3v) is 4.49. The van der Waals surface area contributed by atoms with E-state index in [0.29, 0.717) is 5.70 Å². The standard InChI is InChI=1S/C20H15F4N3O/c21-15-8-11(10-25)4-5-14(15)19(26)18-16(6-7-17(18)28)27-13-3-1-2-12(9-13)20(22,23)24/h1-5,8-9,19,27H,6-7,26H2. The monoisotopic (exact) mass is 389 g/mol. The van der Waals surface area contributed by atoms with Crippen LogP contribution in [0.25, 0.3) is 0 Å². The number of carbonyl (C=O) groups is 1. The van der Waals surface area contributed by atoms with E-state index in [0.717, 1.165) is 18.2 Å². The van der Waals surface area contributed by atoms with E-state index in [-0.39, 0.29) is 41.0 Å². The molecular weight excluding hydrogens is 374 g/mol. The molecule has 0 saturated heterocycles. The quantitative estimate of drug-likeness (QED) is 0.758. The first kappa shape index (κ1) is 19.6. The summed E-state index contributed by atoms with van der Waals surface area (Å²) in [6.07, 6.45) is -4.11. The first-order valence-electron chi connectivity index (χ1n) is 8.36. The van der Waals surface area contributed by atoms with Crippen LogP contribution in [0.5, 0.6) is 0 Å². The molecule has 3 N–H and O–H groups in total. The van der Waals surface area contributed by atoms with Crippen molar-refractivity contribution < 1.29 is 22.4 Å². The molecule has 0 fully saturated rings. The maximum Gasteiger partial charge on any atom is 0.416 e. The topological polar surface area (TPSA) is 78.9 Å². The summed E-state index contributed by atoms with van der Waals surface area (Å²) in [5.74, 6) is -1.03. The predicted molar refractivity (Wildman–Crippen MR) is 94.4 cm³/mol. The number of nitrogens with zero attached hydrogens (tertiary/aromatic N) is 1. The zero-order chi connectivity index (χ0) is 20.5. The van der Waals surface area contributed by atoms with Crippen LogP contribution in [-0.4, -0.2) is 5.78 Å². The number of hydrogen-bond donors (Lipinski definition) is 2. The molecule has 3 rings (SSSR count). The maximum atomic E-state index is 14.3. The molecule has 0 spiro atoms. The molecule has 1 aliphatic carbocycles. The van der Waals surface area contributed by atoms with Crippen molar-refractivity contribution in [2.24, 2.45) is 5.73 Å². The second-order valence-electron chi connectivity index (χ2n) is 6.34. The van der Waals surface area contributed by atoms with Gasteiger partial charge in [0.1, 0.15) is 5.82 Å². The van der Waals surface area contributed by atoms with Crippen LogP contribution in [-0.2, 0) is 11.0 Å². The van der Waals surface area contributed by atoms with Gasteiger partial charge < -0.3 is 11.1 Å². The minimum Gasteiger partial charge on any atom is -0.358 e. The molecule has 144 valence electrons. The van der Waals surface area contributed by atoms with Gasteiger partial charge in [-0.2, -0.15) is 18.4 Å². The molecule has 0 saturated carbocycles. The van der Waals surface area contributed by atoms with E-state index in [1.54, 1.807) is 0 Å². The normalized spacial score (nSPS) is 15.5. The van der Waals surface area contributed by atoms with Gasteiger partial charge in [0.2, 0.25) is 0 Å². The average molecular weight is 389 g/mol. The SMILES string of the molecule is N#Cc1ccc(C(N)C2=C(Nc3cccc(C(F)(F)F)c3)CCC2=O)c(F)c1. The number of alkyl halides is 3. The molecule has 8 heteroatoms. The number of nitrogens with one attached hydrogen (secondary N) is 1. The first-order valence-corrected chi connectivity index (χ1v) is 8.36. The Morgan fingerprint density at radius 1 is 1.14 bits per heavy atom. The second-order valence-corrected chi connectivity index (χ2v) is 6.34.